The molecule has 1 fully saturated rings. The zero-order valence-electron chi connectivity index (χ0n) is 24.4. The lowest BCUT2D eigenvalue weighted by Crippen LogP contribution is -2.56. The average Bonchev–Trinajstić information content (AvgIpc) is 2.97. The number of rotatable bonds is 12. The molecule has 0 bridgehead atoms. The number of aromatic nitrogens is 1. The molecule has 1 aromatic heterocycles. The molecule has 0 aliphatic carbocycles. The highest BCUT2D eigenvalue weighted by Gasteiger charge is 2.31. The number of benzene rings is 1. The monoisotopic (exact) mass is 586 g/mol. The minimum absolute atomic E-state index is 0.0675. The number of carbonyl (C=O) groups is 5. The molecular weight excluding hydrogens is 548 g/mol. The van der Waals surface area contributed by atoms with E-state index in [1.165, 1.54) is 15.9 Å². The van der Waals surface area contributed by atoms with Gasteiger partial charge < -0.3 is 34.4 Å². The summed E-state index contributed by atoms with van der Waals surface area (Å²) in [4.78, 5) is 70.1. The van der Waals surface area contributed by atoms with Crippen molar-refractivity contribution in [3.8, 4) is 5.75 Å². The van der Waals surface area contributed by atoms with Gasteiger partial charge >= 0.3 is 18.0 Å². The molecule has 1 aliphatic rings. The normalized spacial score (nSPS) is 14.6. The van der Waals surface area contributed by atoms with Crippen molar-refractivity contribution in [2.45, 2.75) is 59.1 Å². The number of nitrogens with one attached hydrogen (secondary N) is 1. The summed E-state index contributed by atoms with van der Waals surface area (Å²) < 4.78 is 16.1. The third-order valence-electron chi connectivity index (χ3n) is 6.72. The minimum Gasteiger partial charge on any atom is -0.481 e. The second-order valence-corrected chi connectivity index (χ2v) is 9.76. The van der Waals surface area contributed by atoms with Gasteiger partial charge in [-0.25, -0.2) is 14.6 Å². The van der Waals surface area contributed by atoms with Crippen molar-refractivity contribution in [3.63, 3.8) is 0 Å². The number of carboxylic acid groups (broad SMARTS) is 1. The van der Waals surface area contributed by atoms with E-state index in [1.807, 2.05) is 13.0 Å². The quantitative estimate of drug-likeness (QED) is 0.353. The molecule has 1 saturated heterocycles. The van der Waals surface area contributed by atoms with Crippen LogP contribution >= 0.6 is 0 Å². The fourth-order valence-electron chi connectivity index (χ4n) is 4.51. The van der Waals surface area contributed by atoms with Gasteiger partial charge in [-0.3, -0.25) is 14.4 Å². The van der Waals surface area contributed by atoms with E-state index in [1.54, 1.807) is 32.9 Å². The largest absolute Gasteiger partial charge is 0.481 e. The lowest BCUT2D eigenvalue weighted by molar-refractivity contribution is -0.151. The summed E-state index contributed by atoms with van der Waals surface area (Å²) in [7, 11) is 0. The van der Waals surface area contributed by atoms with Gasteiger partial charge in [0.05, 0.1) is 18.7 Å². The SMILES string of the molecule is CCOC(=O)C(CC)Oc1cc(C(=O)NC(CCC(=O)O)C(=O)N2CCN(C(=O)OCC)CC2)nc2cc(C)ccc12. The van der Waals surface area contributed by atoms with E-state index in [0.717, 1.165) is 5.56 Å². The Hall–Kier alpha value is -4.42. The van der Waals surface area contributed by atoms with Gasteiger partial charge in [-0.15, -0.1) is 0 Å². The lowest BCUT2D eigenvalue weighted by Gasteiger charge is -2.35. The van der Waals surface area contributed by atoms with Crippen LogP contribution < -0.4 is 10.1 Å². The molecule has 2 unspecified atom stereocenters. The number of aliphatic carboxylic acids is 1. The zero-order chi connectivity index (χ0) is 30.8. The van der Waals surface area contributed by atoms with E-state index in [0.29, 0.717) is 17.3 Å². The van der Waals surface area contributed by atoms with E-state index < -0.39 is 42.0 Å². The molecule has 1 aliphatic heterocycles. The fourth-order valence-corrected chi connectivity index (χ4v) is 4.51. The first kappa shape index (κ1) is 32.1. The van der Waals surface area contributed by atoms with Crippen molar-refractivity contribution < 1.29 is 43.3 Å². The van der Waals surface area contributed by atoms with E-state index in [9.17, 15) is 29.1 Å². The molecule has 2 aromatic rings. The van der Waals surface area contributed by atoms with Crippen molar-refractivity contribution in [3.05, 3.63) is 35.5 Å². The molecule has 13 heteroatoms. The van der Waals surface area contributed by atoms with Crippen LogP contribution in [-0.2, 0) is 23.9 Å². The van der Waals surface area contributed by atoms with Crippen LogP contribution in [0.25, 0.3) is 10.9 Å². The zero-order valence-corrected chi connectivity index (χ0v) is 24.4. The van der Waals surface area contributed by atoms with Gasteiger partial charge in [0.25, 0.3) is 5.91 Å². The maximum atomic E-state index is 13.5. The van der Waals surface area contributed by atoms with Gasteiger partial charge in [-0.2, -0.15) is 0 Å². The first-order valence-electron chi connectivity index (χ1n) is 14.1. The lowest BCUT2D eigenvalue weighted by atomic mass is 10.1. The van der Waals surface area contributed by atoms with Crippen molar-refractivity contribution in [2.75, 3.05) is 39.4 Å². The van der Waals surface area contributed by atoms with E-state index >= 15 is 0 Å². The molecule has 13 nitrogen and oxygen atoms in total. The Balaban J connectivity index is 1.85. The Bertz CT molecular complexity index is 1310. The van der Waals surface area contributed by atoms with Crippen molar-refractivity contribution in [2.24, 2.45) is 0 Å². The Labute approximate surface area is 244 Å². The number of nitrogens with zero attached hydrogens (tertiary/aromatic N) is 3. The first-order chi connectivity index (χ1) is 20.1. The van der Waals surface area contributed by atoms with Gasteiger partial charge in [0.15, 0.2) is 6.10 Å². The van der Waals surface area contributed by atoms with Crippen LogP contribution in [0.3, 0.4) is 0 Å². The van der Waals surface area contributed by atoms with Crippen molar-refractivity contribution in [1.29, 1.82) is 0 Å². The number of fused-ring (bicyclic) bond motifs is 1. The molecule has 2 heterocycles. The summed E-state index contributed by atoms with van der Waals surface area (Å²) in [6.07, 6.45) is -1.55. The molecule has 1 aromatic carbocycles. The molecule has 3 rings (SSSR count). The molecule has 3 amide bonds. The van der Waals surface area contributed by atoms with E-state index in [2.05, 4.69) is 10.3 Å². The number of carbonyl (C=O) groups excluding carboxylic acids is 4. The minimum atomic E-state index is -1.15. The molecule has 2 atom stereocenters. The maximum absolute atomic E-state index is 13.5. The van der Waals surface area contributed by atoms with Gasteiger partial charge in [0.2, 0.25) is 5.91 Å². The second-order valence-electron chi connectivity index (χ2n) is 9.76. The average molecular weight is 587 g/mol. The summed E-state index contributed by atoms with van der Waals surface area (Å²) in [6, 6.07) is 5.64. The molecule has 42 heavy (non-hydrogen) atoms. The number of aryl methyl sites for hydroxylation is 1. The Morgan fingerprint density at radius 3 is 2.26 bits per heavy atom. The highest BCUT2D eigenvalue weighted by atomic mass is 16.6. The highest BCUT2D eigenvalue weighted by Crippen LogP contribution is 2.28. The molecular formula is C29H38N4O9. The van der Waals surface area contributed by atoms with Crippen LogP contribution in [0.2, 0.25) is 0 Å². The number of amides is 3. The van der Waals surface area contributed by atoms with Gasteiger partial charge in [0, 0.05) is 44.1 Å². The predicted octanol–water partition coefficient (Wildman–Crippen LogP) is 2.53. The van der Waals surface area contributed by atoms with Gasteiger partial charge in [-0.1, -0.05) is 13.0 Å². The fraction of sp³-hybridized carbons (Fsp3) is 0.517. The van der Waals surface area contributed by atoms with Crippen LogP contribution in [0.5, 0.6) is 5.75 Å². The Kier molecular flexibility index (Phi) is 11.5. The number of hydrogen-bond donors (Lipinski definition) is 2. The molecule has 228 valence electrons. The summed E-state index contributed by atoms with van der Waals surface area (Å²) >= 11 is 0. The van der Waals surface area contributed by atoms with Gasteiger partial charge in [-0.05, 0) is 51.3 Å². The molecule has 0 spiro atoms. The number of esters is 1. The van der Waals surface area contributed by atoms with E-state index in [-0.39, 0.29) is 63.7 Å². The third kappa shape index (κ3) is 8.30. The van der Waals surface area contributed by atoms with Crippen LogP contribution in [0, 0.1) is 6.92 Å². The second kappa shape index (κ2) is 15.0. The number of carboxylic acids is 1. The molecule has 0 saturated carbocycles. The first-order valence-corrected chi connectivity index (χ1v) is 14.1. The Morgan fingerprint density at radius 2 is 1.64 bits per heavy atom. The van der Waals surface area contributed by atoms with Crippen LogP contribution in [0.4, 0.5) is 4.79 Å². The predicted molar refractivity (Wildman–Crippen MR) is 151 cm³/mol. The summed E-state index contributed by atoms with van der Waals surface area (Å²) in [5.74, 6) is -2.58. The Morgan fingerprint density at radius 1 is 0.976 bits per heavy atom. The number of ether oxygens (including phenoxy) is 3. The van der Waals surface area contributed by atoms with Crippen LogP contribution in [0.1, 0.15) is 56.1 Å². The summed E-state index contributed by atoms with van der Waals surface area (Å²) in [5.41, 5.74) is 1.26. The van der Waals surface area contributed by atoms with Crippen LogP contribution in [-0.4, -0.2) is 101 Å². The van der Waals surface area contributed by atoms with Crippen molar-refractivity contribution >= 4 is 40.7 Å². The summed E-state index contributed by atoms with van der Waals surface area (Å²) in [6.45, 7) is 8.36. The summed E-state index contributed by atoms with van der Waals surface area (Å²) in [5, 5.41) is 12.5. The standard InChI is InChI=1S/C29H38N4O9/c1-5-23(28(38)40-6-2)42-24-17-22(30-21-16-18(4)8-9-19(21)24)26(36)31-20(10-11-25(34)35)27(37)32-12-14-33(15-13-32)29(39)41-7-3/h8-9,16-17,20,23H,5-7,10-15H2,1-4H3,(H,31,36)(H,34,35). The highest BCUT2D eigenvalue weighted by molar-refractivity contribution is 5.99. The topological polar surface area (TPSA) is 165 Å². The number of hydrogen-bond acceptors (Lipinski definition) is 9. The van der Waals surface area contributed by atoms with Crippen molar-refractivity contribution in [1.82, 2.24) is 20.1 Å². The molecule has 2 N–H and O–H groups in total. The van der Waals surface area contributed by atoms with Crippen LogP contribution in [0.15, 0.2) is 24.3 Å². The molecule has 0 radical (unpaired) electrons. The number of piperazine rings is 1. The van der Waals surface area contributed by atoms with Gasteiger partial charge in [0.1, 0.15) is 17.5 Å². The maximum Gasteiger partial charge on any atom is 0.409 e. The van der Waals surface area contributed by atoms with E-state index in [4.69, 9.17) is 14.2 Å². The number of pyridine rings is 1. The third-order valence-corrected chi connectivity index (χ3v) is 6.72. The smallest absolute Gasteiger partial charge is 0.409 e.